The third-order valence-electron chi connectivity index (χ3n) is 3.20. The molecule has 0 saturated heterocycles. The largest absolute Gasteiger partial charge is 0.369 e. The molecule has 0 aliphatic carbocycles. The molecule has 1 heterocycles. The highest BCUT2D eigenvalue weighted by Gasteiger charge is 2.19. The number of amides is 1. The highest BCUT2D eigenvalue weighted by atomic mass is 32.1. The van der Waals surface area contributed by atoms with Crippen molar-refractivity contribution in [3.63, 3.8) is 0 Å². The van der Waals surface area contributed by atoms with Crippen molar-refractivity contribution in [3.05, 3.63) is 40.4 Å². The van der Waals surface area contributed by atoms with E-state index in [1.807, 2.05) is 32.0 Å². The lowest BCUT2D eigenvalue weighted by atomic mass is 10.1. The van der Waals surface area contributed by atoms with E-state index < -0.39 is 0 Å². The summed E-state index contributed by atoms with van der Waals surface area (Å²) in [5, 5.41) is 9.58. The van der Waals surface area contributed by atoms with Crippen LogP contribution in [0.15, 0.2) is 33.8 Å². The molecule has 4 N–H and O–H groups in total. The van der Waals surface area contributed by atoms with Gasteiger partial charge in [-0.25, -0.2) is 4.98 Å². The van der Waals surface area contributed by atoms with E-state index in [1.54, 1.807) is 10.3 Å². The molecule has 2 aromatic rings. The first-order chi connectivity index (χ1) is 10.9. The van der Waals surface area contributed by atoms with Gasteiger partial charge in [-0.05, 0) is 31.0 Å². The van der Waals surface area contributed by atoms with E-state index in [2.05, 4.69) is 15.2 Å². The van der Waals surface area contributed by atoms with Crippen molar-refractivity contribution in [1.82, 2.24) is 4.98 Å². The van der Waals surface area contributed by atoms with Gasteiger partial charge in [0, 0.05) is 12.3 Å². The summed E-state index contributed by atoms with van der Waals surface area (Å²) in [4.78, 5) is 18.1. The fourth-order valence-corrected chi connectivity index (χ4v) is 2.81. The van der Waals surface area contributed by atoms with Crippen molar-refractivity contribution in [2.75, 3.05) is 4.90 Å². The molecular weight excluding hydrogens is 312 g/mol. The summed E-state index contributed by atoms with van der Waals surface area (Å²) in [5.41, 5.74) is 13.9. The second kappa shape index (κ2) is 7.01. The van der Waals surface area contributed by atoms with Crippen LogP contribution in [0.4, 0.5) is 10.8 Å². The van der Waals surface area contributed by atoms with Gasteiger partial charge in [-0.2, -0.15) is 5.10 Å². The third kappa shape index (κ3) is 3.92. The highest BCUT2D eigenvalue weighted by Crippen LogP contribution is 2.32. The van der Waals surface area contributed by atoms with Gasteiger partial charge in [0.25, 0.3) is 0 Å². The van der Waals surface area contributed by atoms with Gasteiger partial charge >= 0.3 is 0 Å². The molecule has 0 aliphatic rings. The molecule has 1 aromatic carbocycles. The maximum absolute atomic E-state index is 12.1. The highest BCUT2D eigenvalue weighted by molar-refractivity contribution is 7.14. The fraction of sp³-hybridized carbons (Fsp3) is 0.200. The SMILES string of the molecule is CC(=O)N(c1nc(/C=N\N=C(N)N)cs1)c1cccc(C)c1C. The molecule has 0 spiro atoms. The number of hydrogen-bond donors (Lipinski definition) is 2. The van der Waals surface area contributed by atoms with Crippen LogP contribution in [0, 0.1) is 13.8 Å². The molecular formula is C15H18N6OS. The lowest BCUT2D eigenvalue weighted by Crippen LogP contribution is -2.23. The summed E-state index contributed by atoms with van der Waals surface area (Å²) in [6.45, 7) is 5.50. The summed E-state index contributed by atoms with van der Waals surface area (Å²) in [6.07, 6.45) is 1.43. The van der Waals surface area contributed by atoms with Crippen LogP contribution in [0.5, 0.6) is 0 Å². The number of nitrogens with two attached hydrogens (primary N) is 2. The van der Waals surface area contributed by atoms with E-state index in [0.717, 1.165) is 16.8 Å². The zero-order valence-corrected chi connectivity index (χ0v) is 14.0. The van der Waals surface area contributed by atoms with Crippen molar-refractivity contribution in [3.8, 4) is 0 Å². The number of carbonyl (C=O) groups excluding carboxylic acids is 1. The Labute approximate surface area is 138 Å². The minimum absolute atomic E-state index is 0.110. The van der Waals surface area contributed by atoms with Crippen molar-refractivity contribution in [2.45, 2.75) is 20.8 Å². The molecule has 0 saturated carbocycles. The van der Waals surface area contributed by atoms with Gasteiger partial charge in [0.05, 0.1) is 17.6 Å². The standard InChI is InChI=1S/C15H18N6OS/c1-9-5-4-6-13(10(9)2)21(11(3)22)15-19-12(8-23-15)7-18-20-14(16)17/h4-8H,1-3H3,(H4,16,17,20)/b18-7-. The summed E-state index contributed by atoms with van der Waals surface area (Å²) in [5.74, 6) is -0.238. The van der Waals surface area contributed by atoms with E-state index >= 15 is 0 Å². The van der Waals surface area contributed by atoms with Crippen molar-refractivity contribution < 1.29 is 4.79 Å². The Morgan fingerprint density at radius 2 is 2.09 bits per heavy atom. The maximum atomic E-state index is 12.1. The predicted octanol–water partition coefficient (Wildman–Crippen LogP) is 2.05. The average Bonchev–Trinajstić information content (AvgIpc) is 2.91. The molecule has 0 unspecified atom stereocenters. The first kappa shape index (κ1) is 16.6. The van der Waals surface area contributed by atoms with Crippen molar-refractivity contribution in [2.24, 2.45) is 21.7 Å². The fourth-order valence-electron chi connectivity index (χ4n) is 1.98. The molecule has 23 heavy (non-hydrogen) atoms. The maximum Gasteiger partial charge on any atom is 0.230 e. The summed E-state index contributed by atoms with van der Waals surface area (Å²) in [7, 11) is 0. The minimum Gasteiger partial charge on any atom is -0.369 e. The number of guanidine groups is 1. The van der Waals surface area contributed by atoms with Gasteiger partial charge in [0.2, 0.25) is 11.9 Å². The zero-order valence-electron chi connectivity index (χ0n) is 13.1. The molecule has 1 aromatic heterocycles. The van der Waals surface area contributed by atoms with E-state index in [-0.39, 0.29) is 11.9 Å². The predicted molar refractivity (Wildman–Crippen MR) is 94.3 cm³/mol. The van der Waals surface area contributed by atoms with Gasteiger partial charge < -0.3 is 11.5 Å². The number of rotatable bonds is 4. The number of nitrogens with zero attached hydrogens (tertiary/aromatic N) is 4. The van der Waals surface area contributed by atoms with Gasteiger partial charge in [-0.3, -0.25) is 9.69 Å². The molecule has 120 valence electrons. The summed E-state index contributed by atoms with van der Waals surface area (Å²) >= 11 is 1.35. The Kier molecular flexibility index (Phi) is 5.07. The molecule has 0 fully saturated rings. The Balaban J connectivity index is 2.38. The molecule has 0 aliphatic heterocycles. The Morgan fingerprint density at radius 1 is 1.35 bits per heavy atom. The van der Waals surface area contributed by atoms with Crippen LogP contribution < -0.4 is 16.4 Å². The monoisotopic (exact) mass is 330 g/mol. The minimum atomic E-state index is -0.127. The van der Waals surface area contributed by atoms with Crippen LogP contribution in [0.1, 0.15) is 23.7 Å². The second-order valence-electron chi connectivity index (χ2n) is 4.90. The Hall–Kier alpha value is -2.74. The Morgan fingerprint density at radius 3 is 2.74 bits per heavy atom. The van der Waals surface area contributed by atoms with Crippen molar-refractivity contribution in [1.29, 1.82) is 0 Å². The van der Waals surface area contributed by atoms with Gasteiger partial charge in [-0.1, -0.05) is 12.1 Å². The molecule has 0 bridgehead atoms. The molecule has 0 radical (unpaired) electrons. The van der Waals surface area contributed by atoms with E-state index in [1.165, 1.54) is 24.5 Å². The number of aryl methyl sites for hydroxylation is 1. The van der Waals surface area contributed by atoms with Crippen LogP contribution in [-0.2, 0) is 4.79 Å². The molecule has 2 rings (SSSR count). The lowest BCUT2D eigenvalue weighted by Gasteiger charge is -2.21. The van der Waals surface area contributed by atoms with E-state index in [4.69, 9.17) is 11.5 Å². The topological polar surface area (TPSA) is 110 Å². The number of hydrogen-bond acceptors (Lipinski definition) is 5. The average molecular weight is 330 g/mol. The summed E-state index contributed by atoms with van der Waals surface area (Å²) in [6, 6.07) is 5.83. The van der Waals surface area contributed by atoms with Crippen molar-refractivity contribution >= 4 is 40.2 Å². The Bertz CT molecular complexity index is 776. The van der Waals surface area contributed by atoms with Gasteiger partial charge in [0.1, 0.15) is 0 Å². The molecule has 1 amide bonds. The van der Waals surface area contributed by atoms with Gasteiger partial charge in [0.15, 0.2) is 5.13 Å². The zero-order chi connectivity index (χ0) is 17.0. The first-order valence-corrected chi connectivity index (χ1v) is 7.72. The number of benzene rings is 1. The normalized spacial score (nSPS) is 10.7. The molecule has 0 atom stereocenters. The molecule has 7 nitrogen and oxygen atoms in total. The number of aromatic nitrogens is 1. The third-order valence-corrected chi connectivity index (χ3v) is 4.04. The van der Waals surface area contributed by atoms with E-state index in [9.17, 15) is 4.79 Å². The lowest BCUT2D eigenvalue weighted by molar-refractivity contribution is -0.115. The van der Waals surface area contributed by atoms with Crippen LogP contribution in [0.3, 0.4) is 0 Å². The van der Waals surface area contributed by atoms with Crippen LogP contribution in [-0.4, -0.2) is 23.1 Å². The number of carbonyl (C=O) groups is 1. The number of anilines is 2. The van der Waals surface area contributed by atoms with E-state index in [0.29, 0.717) is 10.8 Å². The summed E-state index contributed by atoms with van der Waals surface area (Å²) < 4.78 is 0. The number of thiazole rings is 1. The van der Waals surface area contributed by atoms with Crippen LogP contribution >= 0.6 is 11.3 Å². The molecule has 8 heteroatoms. The van der Waals surface area contributed by atoms with Gasteiger partial charge in [-0.15, -0.1) is 16.4 Å². The van der Waals surface area contributed by atoms with Crippen LogP contribution in [0.2, 0.25) is 0 Å². The smallest absolute Gasteiger partial charge is 0.230 e. The quantitative estimate of drug-likeness (QED) is 0.508. The van der Waals surface area contributed by atoms with Crippen LogP contribution in [0.25, 0.3) is 0 Å². The first-order valence-electron chi connectivity index (χ1n) is 6.84. The second-order valence-corrected chi connectivity index (χ2v) is 5.73.